The van der Waals surface area contributed by atoms with Crippen LogP contribution in [0.15, 0.2) is 67.0 Å². The highest BCUT2D eigenvalue weighted by molar-refractivity contribution is 7.81. The molecular formula is C24H23N3O4S. The molecule has 8 heteroatoms. The van der Waals surface area contributed by atoms with Gasteiger partial charge in [-0.25, -0.2) is 0 Å². The van der Waals surface area contributed by atoms with Gasteiger partial charge in [0, 0.05) is 23.8 Å². The molecule has 0 aliphatic rings. The number of non-ortho nitro benzene ring substituents is 1. The number of hydrogen-bond donors (Lipinski definition) is 1. The van der Waals surface area contributed by atoms with Gasteiger partial charge in [-0.3, -0.25) is 10.1 Å². The first-order valence-electron chi connectivity index (χ1n) is 9.97. The second-order valence-corrected chi connectivity index (χ2v) is 7.46. The number of nitro groups is 1. The van der Waals surface area contributed by atoms with Crippen LogP contribution in [0.3, 0.4) is 0 Å². The summed E-state index contributed by atoms with van der Waals surface area (Å²) in [6.07, 6.45) is 4.45. The van der Waals surface area contributed by atoms with Crippen LogP contribution in [0.1, 0.15) is 23.6 Å². The quantitative estimate of drug-likeness (QED) is 0.147. The Morgan fingerprint density at radius 1 is 1.16 bits per heavy atom. The Bertz CT molecular complexity index is 1190. The van der Waals surface area contributed by atoms with Crippen molar-refractivity contribution in [2.75, 3.05) is 12.4 Å². The Kier molecular flexibility index (Phi) is 7.17. The van der Waals surface area contributed by atoms with Crippen LogP contribution >= 0.6 is 12.2 Å². The molecule has 0 amide bonds. The predicted octanol–water partition coefficient (Wildman–Crippen LogP) is 3.89. The van der Waals surface area contributed by atoms with Gasteiger partial charge >= 0.3 is 0 Å². The van der Waals surface area contributed by atoms with E-state index in [0.717, 1.165) is 17.5 Å². The number of rotatable bonds is 7. The zero-order valence-electron chi connectivity index (χ0n) is 18.0. The molecule has 0 saturated heterocycles. The highest BCUT2D eigenvalue weighted by atomic mass is 32.1. The summed E-state index contributed by atoms with van der Waals surface area (Å²) >= 11 is 5.65. The standard InChI is InChI=1S/C24H23N3O4S/c1-4-17-15-26(14-13-16(17)2)22(23(28)18-9-11-19(12-10-18)27(29)30)24(32)25-20-7-5-6-8-21(20)31-3/h5-15H,4H2,1-3H3,(H-,25,28,32). The van der Waals surface area contributed by atoms with Gasteiger partial charge < -0.3 is 15.2 Å². The molecule has 7 nitrogen and oxygen atoms in total. The van der Waals surface area contributed by atoms with Gasteiger partial charge in [0.05, 0.1) is 17.7 Å². The number of pyridine rings is 1. The lowest BCUT2D eigenvalue weighted by molar-refractivity contribution is -0.578. The molecule has 1 aromatic heterocycles. The largest absolute Gasteiger partial charge is 0.867 e. The average molecular weight is 450 g/mol. The topological polar surface area (TPSA) is 91.3 Å². The van der Waals surface area contributed by atoms with Crippen LogP contribution in [0.4, 0.5) is 11.4 Å². The number of thiocarbonyl (C=S) groups is 1. The van der Waals surface area contributed by atoms with Crippen molar-refractivity contribution in [2.45, 2.75) is 20.3 Å². The summed E-state index contributed by atoms with van der Waals surface area (Å²) in [5, 5.41) is 27.6. The van der Waals surface area contributed by atoms with E-state index < -0.39 is 4.92 Å². The first-order chi connectivity index (χ1) is 15.3. The molecule has 3 rings (SSSR count). The summed E-state index contributed by atoms with van der Waals surface area (Å²) in [6, 6.07) is 14.7. The van der Waals surface area contributed by atoms with Crippen LogP contribution < -0.4 is 19.7 Å². The summed E-state index contributed by atoms with van der Waals surface area (Å²) in [4.78, 5) is 10.7. The smallest absolute Gasteiger partial charge is 0.269 e. The number of anilines is 1. The van der Waals surface area contributed by atoms with E-state index in [4.69, 9.17) is 17.0 Å². The van der Waals surface area contributed by atoms with Crippen molar-refractivity contribution in [1.82, 2.24) is 0 Å². The van der Waals surface area contributed by atoms with E-state index in [-0.39, 0.29) is 22.1 Å². The lowest BCUT2D eigenvalue weighted by Crippen LogP contribution is -2.40. The Labute approximate surface area is 191 Å². The fraction of sp³-hybridized carbons (Fsp3) is 0.167. The lowest BCUT2D eigenvalue weighted by atomic mass is 10.1. The predicted molar refractivity (Wildman–Crippen MR) is 126 cm³/mol. The summed E-state index contributed by atoms with van der Waals surface area (Å²) < 4.78 is 7.07. The number of benzene rings is 2. The molecule has 0 fully saturated rings. The van der Waals surface area contributed by atoms with Gasteiger partial charge in [0.1, 0.15) is 5.75 Å². The van der Waals surface area contributed by atoms with Gasteiger partial charge in [0.25, 0.3) is 5.69 Å². The third kappa shape index (κ3) is 4.92. The van der Waals surface area contributed by atoms with Crippen molar-refractivity contribution in [3.63, 3.8) is 0 Å². The summed E-state index contributed by atoms with van der Waals surface area (Å²) in [5.41, 5.74) is 3.23. The third-order valence-electron chi connectivity index (χ3n) is 5.05. The van der Waals surface area contributed by atoms with Crippen molar-refractivity contribution in [2.24, 2.45) is 0 Å². The van der Waals surface area contributed by atoms with Crippen molar-refractivity contribution >= 4 is 40.0 Å². The van der Waals surface area contributed by atoms with Crippen molar-refractivity contribution in [3.05, 3.63) is 93.8 Å². The number of methoxy groups -OCH3 is 1. The Morgan fingerprint density at radius 3 is 2.47 bits per heavy atom. The molecule has 0 bridgehead atoms. The maximum absolute atomic E-state index is 13.5. The Balaban J connectivity index is 2.13. The number of aromatic nitrogens is 1. The fourth-order valence-corrected chi connectivity index (χ4v) is 3.57. The average Bonchev–Trinajstić information content (AvgIpc) is 2.80. The molecular weight excluding hydrogens is 426 g/mol. The number of para-hydroxylation sites is 2. The van der Waals surface area contributed by atoms with Gasteiger partial charge in [-0.15, -0.1) is 0 Å². The van der Waals surface area contributed by atoms with Gasteiger partial charge in [0.15, 0.2) is 17.4 Å². The Morgan fingerprint density at radius 2 is 1.84 bits per heavy atom. The molecule has 0 aliphatic heterocycles. The maximum Gasteiger partial charge on any atom is 0.269 e. The van der Waals surface area contributed by atoms with Gasteiger partial charge in [0.2, 0.25) is 5.70 Å². The molecule has 0 radical (unpaired) electrons. The van der Waals surface area contributed by atoms with Crippen LogP contribution in [0.2, 0.25) is 0 Å². The zero-order chi connectivity index (χ0) is 23.3. The van der Waals surface area contributed by atoms with E-state index in [1.165, 1.54) is 24.3 Å². The Hall–Kier alpha value is -3.78. The third-order valence-corrected chi connectivity index (χ3v) is 5.35. The molecule has 0 saturated carbocycles. The van der Waals surface area contributed by atoms with Crippen molar-refractivity contribution < 1.29 is 19.3 Å². The fourth-order valence-electron chi connectivity index (χ4n) is 3.26. The van der Waals surface area contributed by atoms with E-state index in [1.54, 1.807) is 30.0 Å². The number of hydrogen-bond acceptors (Lipinski definition) is 5. The minimum Gasteiger partial charge on any atom is -0.867 e. The first-order valence-corrected chi connectivity index (χ1v) is 10.4. The molecule has 0 spiro atoms. The van der Waals surface area contributed by atoms with E-state index in [0.29, 0.717) is 17.0 Å². The molecule has 0 aliphatic carbocycles. The van der Waals surface area contributed by atoms with Crippen molar-refractivity contribution in [1.29, 1.82) is 0 Å². The van der Waals surface area contributed by atoms with Gasteiger partial charge in [-0.05, 0) is 54.5 Å². The summed E-state index contributed by atoms with van der Waals surface area (Å²) in [6.45, 7) is 4.04. The zero-order valence-corrected chi connectivity index (χ0v) is 18.8. The van der Waals surface area contributed by atoms with Crippen molar-refractivity contribution in [3.8, 4) is 5.75 Å². The lowest BCUT2D eigenvalue weighted by Gasteiger charge is -2.18. The molecule has 0 atom stereocenters. The molecule has 32 heavy (non-hydrogen) atoms. The second-order valence-electron chi connectivity index (χ2n) is 7.05. The number of ether oxygens (including phenoxy) is 1. The molecule has 1 heterocycles. The highest BCUT2D eigenvalue weighted by Crippen LogP contribution is 2.25. The maximum atomic E-state index is 13.5. The minimum atomic E-state index is -0.505. The highest BCUT2D eigenvalue weighted by Gasteiger charge is 2.21. The monoisotopic (exact) mass is 449 g/mol. The normalized spacial score (nSPS) is 11.5. The number of nitro benzene ring substituents is 1. The summed E-state index contributed by atoms with van der Waals surface area (Å²) in [7, 11) is 1.55. The minimum absolute atomic E-state index is 0.0888. The van der Waals surface area contributed by atoms with Crippen LogP contribution in [0.25, 0.3) is 11.5 Å². The number of aryl methyl sites for hydroxylation is 2. The molecule has 1 N–H and O–H groups in total. The van der Waals surface area contributed by atoms with Gasteiger partial charge in [-0.1, -0.05) is 31.3 Å². The van der Waals surface area contributed by atoms with Gasteiger partial charge in [-0.2, -0.15) is 4.57 Å². The molecule has 164 valence electrons. The van der Waals surface area contributed by atoms with Crippen LogP contribution in [0, 0.1) is 17.0 Å². The number of nitrogens with zero attached hydrogens (tertiary/aromatic N) is 2. The van der Waals surface area contributed by atoms with Crippen LogP contribution in [-0.4, -0.2) is 17.0 Å². The SMILES string of the molecule is CCc1c[n+](C(C(=S)Nc2ccccc2OC)=C([O-])c2ccc([N+](=O)[O-])cc2)ccc1C. The molecule has 3 aromatic rings. The van der Waals surface area contributed by atoms with Crippen LogP contribution in [-0.2, 0) is 6.42 Å². The molecule has 2 aromatic carbocycles. The van der Waals surface area contributed by atoms with E-state index in [9.17, 15) is 15.2 Å². The second kappa shape index (κ2) is 10.0. The number of nitrogens with one attached hydrogen (secondary N) is 1. The van der Waals surface area contributed by atoms with E-state index >= 15 is 0 Å². The van der Waals surface area contributed by atoms with Crippen LogP contribution in [0.5, 0.6) is 5.75 Å². The first kappa shape index (κ1) is 22.9. The van der Waals surface area contributed by atoms with E-state index in [1.807, 2.05) is 38.2 Å². The van der Waals surface area contributed by atoms with E-state index in [2.05, 4.69) is 5.32 Å². The molecule has 0 unspecified atom stereocenters. The summed E-state index contributed by atoms with van der Waals surface area (Å²) in [5.74, 6) is 0.225.